The second-order valence-electron chi connectivity index (χ2n) is 7.08. The van der Waals surface area contributed by atoms with Crippen molar-refractivity contribution in [3.05, 3.63) is 59.7 Å². The zero-order chi connectivity index (χ0) is 21.0. The highest BCUT2D eigenvalue weighted by Crippen LogP contribution is 2.14. The molecule has 0 radical (unpaired) electrons. The Labute approximate surface area is 202 Å². The third kappa shape index (κ3) is 8.92. The smallest absolute Gasteiger partial charge is 0.191 e. The van der Waals surface area contributed by atoms with Crippen molar-refractivity contribution in [1.29, 1.82) is 0 Å². The van der Waals surface area contributed by atoms with E-state index in [1.165, 1.54) is 0 Å². The summed E-state index contributed by atoms with van der Waals surface area (Å²) in [4.78, 5) is 6.67. The molecule has 0 amide bonds. The van der Waals surface area contributed by atoms with Crippen LogP contribution in [-0.4, -0.2) is 64.5 Å². The molecule has 1 heterocycles. The first kappa shape index (κ1) is 25.2. The predicted molar refractivity (Wildman–Crippen MR) is 135 cm³/mol. The van der Waals surface area contributed by atoms with Crippen molar-refractivity contribution >= 4 is 29.9 Å². The van der Waals surface area contributed by atoms with Crippen LogP contribution in [0.4, 0.5) is 0 Å². The third-order valence-electron chi connectivity index (χ3n) is 4.98. The molecule has 2 N–H and O–H groups in total. The summed E-state index contributed by atoms with van der Waals surface area (Å²) in [5.41, 5.74) is 2.31. The van der Waals surface area contributed by atoms with E-state index in [2.05, 4.69) is 32.7 Å². The molecule has 1 saturated heterocycles. The molecular weight excluding hydrogens is 507 g/mol. The number of benzene rings is 2. The molecule has 0 aliphatic carbocycles. The van der Waals surface area contributed by atoms with E-state index >= 15 is 0 Å². The lowest BCUT2D eigenvalue weighted by Gasteiger charge is -2.26. The molecule has 2 aromatic rings. The number of guanidine groups is 1. The Bertz CT molecular complexity index is 796. The largest absolute Gasteiger partial charge is 0.497 e. The number of nitrogens with zero attached hydrogens (tertiary/aromatic N) is 2. The van der Waals surface area contributed by atoms with Gasteiger partial charge in [0.25, 0.3) is 0 Å². The van der Waals surface area contributed by atoms with E-state index in [0.717, 1.165) is 61.4 Å². The van der Waals surface area contributed by atoms with Gasteiger partial charge in [-0.3, -0.25) is 9.89 Å². The van der Waals surface area contributed by atoms with E-state index in [1.807, 2.05) is 36.4 Å². The Hall–Kier alpha value is -2.04. The van der Waals surface area contributed by atoms with E-state index in [1.54, 1.807) is 14.2 Å². The van der Waals surface area contributed by atoms with Crippen LogP contribution in [0, 0.1) is 0 Å². The Balaban J connectivity index is 0.00000341. The van der Waals surface area contributed by atoms with Crippen molar-refractivity contribution in [2.24, 2.45) is 4.99 Å². The molecule has 3 rings (SSSR count). The maximum absolute atomic E-state index is 5.94. The van der Waals surface area contributed by atoms with Crippen LogP contribution in [0.1, 0.15) is 11.1 Å². The molecule has 170 valence electrons. The van der Waals surface area contributed by atoms with Gasteiger partial charge < -0.3 is 24.8 Å². The van der Waals surface area contributed by atoms with Crippen LogP contribution in [0.3, 0.4) is 0 Å². The highest BCUT2D eigenvalue weighted by Gasteiger charge is 2.09. The van der Waals surface area contributed by atoms with Crippen molar-refractivity contribution in [3.8, 4) is 11.5 Å². The van der Waals surface area contributed by atoms with Gasteiger partial charge in [-0.2, -0.15) is 0 Å². The predicted octanol–water partition coefficient (Wildman–Crippen LogP) is 2.89. The maximum Gasteiger partial charge on any atom is 0.191 e. The highest BCUT2D eigenvalue weighted by atomic mass is 127. The average Bonchev–Trinajstić information content (AvgIpc) is 2.80. The van der Waals surface area contributed by atoms with Crippen LogP contribution in [0.15, 0.2) is 53.5 Å². The number of aliphatic imine (C=N–C) groups is 1. The zero-order valence-corrected chi connectivity index (χ0v) is 20.6. The first-order chi connectivity index (χ1) is 14.8. The fourth-order valence-corrected chi connectivity index (χ4v) is 3.20. The standard InChI is InChI=1S/C23H32N4O3.HI/c1-24-23(25-17-19-6-8-21(28-2)9-7-19)26-18-20-4-3-5-22(16-20)30-15-12-27-10-13-29-14-11-27;/h3-9,16H,10-15,17-18H2,1-2H3,(H2,24,25,26);1H. The van der Waals surface area contributed by atoms with Gasteiger partial charge in [-0.05, 0) is 35.4 Å². The molecule has 0 bridgehead atoms. The highest BCUT2D eigenvalue weighted by molar-refractivity contribution is 14.0. The van der Waals surface area contributed by atoms with Crippen LogP contribution in [0.2, 0.25) is 0 Å². The number of hydrogen-bond acceptors (Lipinski definition) is 5. The number of hydrogen-bond donors (Lipinski definition) is 2. The summed E-state index contributed by atoms with van der Waals surface area (Å²) in [5, 5.41) is 6.68. The van der Waals surface area contributed by atoms with Crippen molar-refractivity contribution < 1.29 is 14.2 Å². The van der Waals surface area contributed by atoms with Gasteiger partial charge in [0.1, 0.15) is 18.1 Å². The Morgan fingerprint density at radius 3 is 2.39 bits per heavy atom. The van der Waals surface area contributed by atoms with Crippen LogP contribution in [0.5, 0.6) is 11.5 Å². The third-order valence-corrected chi connectivity index (χ3v) is 4.98. The minimum Gasteiger partial charge on any atom is -0.497 e. The lowest BCUT2D eigenvalue weighted by atomic mass is 10.2. The number of methoxy groups -OCH3 is 1. The van der Waals surface area contributed by atoms with Gasteiger partial charge in [0.15, 0.2) is 5.96 Å². The minimum atomic E-state index is 0. The number of rotatable bonds is 9. The lowest BCUT2D eigenvalue weighted by Crippen LogP contribution is -2.38. The summed E-state index contributed by atoms with van der Waals surface area (Å²) in [6, 6.07) is 16.2. The Kier molecular flexibility index (Phi) is 11.5. The molecule has 31 heavy (non-hydrogen) atoms. The van der Waals surface area contributed by atoms with Crippen LogP contribution >= 0.6 is 24.0 Å². The average molecular weight is 540 g/mol. The molecule has 8 heteroatoms. The maximum atomic E-state index is 5.94. The van der Waals surface area contributed by atoms with Gasteiger partial charge in [-0.25, -0.2) is 0 Å². The normalized spacial score (nSPS) is 14.5. The van der Waals surface area contributed by atoms with Gasteiger partial charge in [0, 0.05) is 39.8 Å². The molecule has 2 aromatic carbocycles. The fraction of sp³-hybridized carbons (Fsp3) is 0.435. The Morgan fingerprint density at radius 1 is 1.00 bits per heavy atom. The number of ether oxygens (including phenoxy) is 3. The minimum absolute atomic E-state index is 0. The molecule has 7 nitrogen and oxygen atoms in total. The molecule has 0 atom stereocenters. The second kappa shape index (κ2) is 14.1. The summed E-state index contributed by atoms with van der Waals surface area (Å²) < 4.78 is 16.5. The van der Waals surface area contributed by atoms with E-state index in [9.17, 15) is 0 Å². The van der Waals surface area contributed by atoms with Gasteiger partial charge in [-0.15, -0.1) is 24.0 Å². The van der Waals surface area contributed by atoms with E-state index < -0.39 is 0 Å². The number of morpholine rings is 1. The topological polar surface area (TPSA) is 67.4 Å². The fourth-order valence-electron chi connectivity index (χ4n) is 3.20. The SMILES string of the molecule is CN=C(NCc1ccc(OC)cc1)NCc1cccc(OCCN2CCOCC2)c1.I. The molecular formula is C23H33IN4O3. The van der Waals surface area contributed by atoms with E-state index in [0.29, 0.717) is 19.7 Å². The van der Waals surface area contributed by atoms with Crippen molar-refractivity contribution in [3.63, 3.8) is 0 Å². The van der Waals surface area contributed by atoms with Crippen LogP contribution in [-0.2, 0) is 17.8 Å². The first-order valence-corrected chi connectivity index (χ1v) is 10.4. The lowest BCUT2D eigenvalue weighted by molar-refractivity contribution is 0.0322. The molecule has 0 spiro atoms. The summed E-state index contributed by atoms with van der Waals surface area (Å²) in [6.07, 6.45) is 0. The summed E-state index contributed by atoms with van der Waals surface area (Å²) in [5.74, 6) is 2.50. The van der Waals surface area contributed by atoms with Gasteiger partial charge in [0.2, 0.25) is 0 Å². The van der Waals surface area contributed by atoms with Gasteiger partial charge >= 0.3 is 0 Å². The monoisotopic (exact) mass is 540 g/mol. The summed E-state index contributed by atoms with van der Waals surface area (Å²) in [6.45, 7) is 6.56. The summed E-state index contributed by atoms with van der Waals surface area (Å²) in [7, 11) is 3.44. The molecule has 0 unspecified atom stereocenters. The number of nitrogens with one attached hydrogen (secondary N) is 2. The molecule has 1 aliphatic heterocycles. The zero-order valence-electron chi connectivity index (χ0n) is 18.3. The molecule has 0 saturated carbocycles. The van der Waals surface area contributed by atoms with Crippen molar-refractivity contribution in [2.45, 2.75) is 13.1 Å². The van der Waals surface area contributed by atoms with E-state index in [-0.39, 0.29) is 24.0 Å². The number of halogens is 1. The quantitative estimate of drug-likeness (QED) is 0.290. The Morgan fingerprint density at radius 2 is 1.71 bits per heavy atom. The molecule has 0 aromatic heterocycles. The van der Waals surface area contributed by atoms with E-state index in [4.69, 9.17) is 14.2 Å². The van der Waals surface area contributed by atoms with Gasteiger partial charge in [0.05, 0.1) is 20.3 Å². The van der Waals surface area contributed by atoms with Crippen LogP contribution in [0.25, 0.3) is 0 Å². The van der Waals surface area contributed by atoms with Crippen molar-refractivity contribution in [1.82, 2.24) is 15.5 Å². The van der Waals surface area contributed by atoms with Crippen molar-refractivity contribution in [2.75, 3.05) is 53.6 Å². The van der Waals surface area contributed by atoms with Gasteiger partial charge in [-0.1, -0.05) is 24.3 Å². The van der Waals surface area contributed by atoms with Crippen LogP contribution < -0.4 is 20.1 Å². The summed E-state index contributed by atoms with van der Waals surface area (Å²) >= 11 is 0. The molecule has 1 aliphatic rings. The molecule has 1 fully saturated rings. The second-order valence-corrected chi connectivity index (χ2v) is 7.08. The first-order valence-electron chi connectivity index (χ1n) is 10.4.